The maximum Gasteiger partial charge on any atom is 0.147 e. The third-order valence-electron chi connectivity index (χ3n) is 2.70. The minimum Gasteiger partial charge on any atom is -0.394 e. The van der Waals surface area contributed by atoms with Gasteiger partial charge in [-0.15, -0.1) is 0 Å². The summed E-state index contributed by atoms with van der Waals surface area (Å²) in [6.45, 7) is 2.83. The molecule has 0 atom stereocenters. The van der Waals surface area contributed by atoms with E-state index >= 15 is 0 Å². The third kappa shape index (κ3) is 2.41. The highest BCUT2D eigenvalue weighted by atomic mass is 15.3. The van der Waals surface area contributed by atoms with E-state index in [1.807, 2.05) is 20.2 Å². The number of nitrogens with one attached hydrogen (secondary N) is 2. The van der Waals surface area contributed by atoms with Gasteiger partial charge in [-0.05, 0) is 6.42 Å². The molecule has 0 aliphatic heterocycles. The van der Waals surface area contributed by atoms with Gasteiger partial charge < -0.3 is 16.0 Å². The van der Waals surface area contributed by atoms with Crippen LogP contribution in [0.4, 0.5) is 11.5 Å². The summed E-state index contributed by atoms with van der Waals surface area (Å²) in [5.41, 5.74) is 7.69. The molecule has 2 rings (SSSR count). The van der Waals surface area contributed by atoms with Gasteiger partial charge in [0.1, 0.15) is 11.6 Å². The molecule has 0 amide bonds. The van der Waals surface area contributed by atoms with Crippen molar-refractivity contribution in [1.29, 1.82) is 0 Å². The Morgan fingerprint density at radius 1 is 1.53 bits per heavy atom. The first-order valence-corrected chi connectivity index (χ1v) is 5.75. The van der Waals surface area contributed by atoms with Gasteiger partial charge >= 0.3 is 0 Å². The van der Waals surface area contributed by atoms with Crippen molar-refractivity contribution in [1.82, 2.24) is 19.7 Å². The highest BCUT2D eigenvalue weighted by Gasteiger charge is 2.10. The van der Waals surface area contributed by atoms with Crippen molar-refractivity contribution in [2.24, 2.45) is 7.05 Å². The molecule has 6 nitrogen and oxygen atoms in total. The smallest absolute Gasteiger partial charge is 0.147 e. The lowest BCUT2D eigenvalue weighted by Gasteiger charge is -2.06. The van der Waals surface area contributed by atoms with E-state index in [0.717, 1.165) is 42.4 Å². The van der Waals surface area contributed by atoms with Crippen molar-refractivity contribution >= 4 is 11.5 Å². The molecule has 0 fully saturated rings. The monoisotopic (exact) mass is 234 g/mol. The molecule has 0 aliphatic carbocycles. The lowest BCUT2D eigenvalue weighted by molar-refractivity contribution is 0.745. The fourth-order valence-corrected chi connectivity index (χ4v) is 1.80. The second-order valence-corrected chi connectivity index (χ2v) is 3.90. The maximum absolute atomic E-state index is 6.00. The van der Waals surface area contributed by atoms with Crippen molar-refractivity contribution in [2.75, 3.05) is 17.6 Å². The molecule has 4 N–H and O–H groups in total. The number of aromatic amines is 1. The molecule has 0 spiro atoms. The molecule has 0 bridgehead atoms. The Morgan fingerprint density at radius 2 is 2.35 bits per heavy atom. The summed E-state index contributed by atoms with van der Waals surface area (Å²) in [4.78, 5) is 7.23. The Bertz CT molecular complexity index is 470. The van der Waals surface area contributed by atoms with Gasteiger partial charge in [-0.3, -0.25) is 4.68 Å². The van der Waals surface area contributed by atoms with Gasteiger partial charge in [-0.1, -0.05) is 6.92 Å². The highest BCUT2D eigenvalue weighted by molar-refractivity contribution is 5.64. The molecule has 0 unspecified atom stereocenters. The van der Waals surface area contributed by atoms with Crippen molar-refractivity contribution < 1.29 is 0 Å². The summed E-state index contributed by atoms with van der Waals surface area (Å²) in [5, 5.41) is 7.64. The summed E-state index contributed by atoms with van der Waals surface area (Å²) < 4.78 is 1.79. The molecule has 0 aliphatic rings. The van der Waals surface area contributed by atoms with Crippen LogP contribution < -0.4 is 11.1 Å². The van der Waals surface area contributed by atoms with Crippen molar-refractivity contribution in [2.45, 2.75) is 19.8 Å². The van der Waals surface area contributed by atoms with Crippen LogP contribution in [0.3, 0.4) is 0 Å². The van der Waals surface area contributed by atoms with E-state index in [2.05, 4.69) is 20.4 Å². The van der Waals surface area contributed by atoms with E-state index in [0.29, 0.717) is 0 Å². The van der Waals surface area contributed by atoms with Gasteiger partial charge in [0.15, 0.2) is 0 Å². The van der Waals surface area contributed by atoms with Crippen LogP contribution in [0.5, 0.6) is 0 Å². The number of nitrogen functional groups attached to an aromatic ring is 1. The average Bonchev–Trinajstić information content (AvgIpc) is 2.91. The quantitative estimate of drug-likeness (QED) is 0.719. The predicted octanol–water partition coefficient (Wildman–Crippen LogP) is 0.942. The van der Waals surface area contributed by atoms with E-state index in [1.54, 1.807) is 10.9 Å². The van der Waals surface area contributed by atoms with Crippen molar-refractivity contribution in [3.63, 3.8) is 0 Å². The van der Waals surface area contributed by atoms with Crippen LogP contribution in [0.25, 0.3) is 0 Å². The zero-order valence-electron chi connectivity index (χ0n) is 10.2. The van der Waals surface area contributed by atoms with E-state index in [1.165, 1.54) is 0 Å². The van der Waals surface area contributed by atoms with E-state index in [-0.39, 0.29) is 0 Å². The Morgan fingerprint density at radius 3 is 2.94 bits per heavy atom. The van der Waals surface area contributed by atoms with Gasteiger partial charge in [-0.2, -0.15) is 5.10 Å². The van der Waals surface area contributed by atoms with E-state index in [4.69, 9.17) is 5.73 Å². The number of nitrogens with two attached hydrogens (primary N) is 1. The molecular weight excluding hydrogens is 216 g/mol. The first-order chi connectivity index (χ1) is 8.22. The minimum absolute atomic E-state index is 0.745. The number of H-pyrrole nitrogens is 1. The molecular formula is C11H18N6. The van der Waals surface area contributed by atoms with Crippen LogP contribution in [0.2, 0.25) is 0 Å². The minimum atomic E-state index is 0.745. The molecule has 2 aromatic heterocycles. The number of nitrogens with zero attached hydrogens (tertiary/aromatic N) is 3. The van der Waals surface area contributed by atoms with Gasteiger partial charge in [-0.25, -0.2) is 4.98 Å². The summed E-state index contributed by atoms with van der Waals surface area (Å²) in [7, 11) is 1.89. The third-order valence-corrected chi connectivity index (χ3v) is 2.70. The van der Waals surface area contributed by atoms with Gasteiger partial charge in [0.25, 0.3) is 0 Å². The number of hydrogen-bond acceptors (Lipinski definition) is 4. The van der Waals surface area contributed by atoms with E-state index in [9.17, 15) is 0 Å². The van der Waals surface area contributed by atoms with Crippen LogP contribution in [0.15, 0.2) is 12.4 Å². The zero-order valence-corrected chi connectivity index (χ0v) is 10.2. The lowest BCUT2D eigenvalue weighted by Crippen LogP contribution is -2.10. The number of imidazole rings is 1. The molecule has 0 radical (unpaired) electrons. The lowest BCUT2D eigenvalue weighted by atomic mass is 10.3. The Hall–Kier alpha value is -1.98. The zero-order chi connectivity index (χ0) is 12.3. The van der Waals surface area contributed by atoms with Crippen LogP contribution in [-0.4, -0.2) is 26.3 Å². The van der Waals surface area contributed by atoms with Gasteiger partial charge in [0, 0.05) is 32.4 Å². The van der Waals surface area contributed by atoms with Crippen molar-refractivity contribution in [3.8, 4) is 0 Å². The highest BCUT2D eigenvalue weighted by Crippen LogP contribution is 2.21. The second kappa shape index (κ2) is 4.90. The van der Waals surface area contributed by atoms with Crippen molar-refractivity contribution in [3.05, 3.63) is 23.9 Å². The SMILES string of the molecule is CCc1nn(C)c(NCCc2ncc[nH]2)c1N. The predicted molar refractivity (Wildman–Crippen MR) is 67.8 cm³/mol. The normalized spacial score (nSPS) is 10.7. The standard InChI is InChI=1S/C11H18N6/c1-3-8-10(12)11(17(2)16-8)15-5-4-9-13-6-7-14-9/h6-7,15H,3-5,12H2,1-2H3,(H,13,14). The number of hydrogen-bond donors (Lipinski definition) is 3. The maximum atomic E-state index is 6.00. The Labute approximate surface area is 100 Å². The summed E-state index contributed by atoms with van der Waals surface area (Å²) in [5.74, 6) is 1.85. The fourth-order valence-electron chi connectivity index (χ4n) is 1.80. The first-order valence-electron chi connectivity index (χ1n) is 5.75. The Balaban J connectivity index is 1.97. The van der Waals surface area contributed by atoms with Crippen LogP contribution in [0, 0.1) is 0 Å². The molecule has 92 valence electrons. The molecule has 17 heavy (non-hydrogen) atoms. The molecule has 2 heterocycles. The number of aryl methyl sites for hydroxylation is 2. The second-order valence-electron chi connectivity index (χ2n) is 3.90. The average molecular weight is 234 g/mol. The molecule has 2 aromatic rings. The molecule has 0 saturated carbocycles. The number of anilines is 2. The topological polar surface area (TPSA) is 84.5 Å². The van der Waals surface area contributed by atoms with Gasteiger partial charge in [0.05, 0.1) is 11.4 Å². The largest absolute Gasteiger partial charge is 0.394 e. The summed E-state index contributed by atoms with van der Waals surface area (Å²) in [6.07, 6.45) is 5.25. The van der Waals surface area contributed by atoms with Crippen LogP contribution in [-0.2, 0) is 19.9 Å². The van der Waals surface area contributed by atoms with Gasteiger partial charge in [0.2, 0.25) is 0 Å². The molecule has 6 heteroatoms. The summed E-state index contributed by atoms with van der Waals surface area (Å²) >= 11 is 0. The molecule has 0 aromatic carbocycles. The van der Waals surface area contributed by atoms with Crippen LogP contribution in [0.1, 0.15) is 18.4 Å². The fraction of sp³-hybridized carbons (Fsp3) is 0.455. The number of rotatable bonds is 5. The van der Waals surface area contributed by atoms with Crippen LogP contribution >= 0.6 is 0 Å². The molecule has 0 saturated heterocycles. The number of aromatic nitrogens is 4. The Kier molecular flexibility index (Phi) is 3.32. The first kappa shape index (κ1) is 11.5. The summed E-state index contributed by atoms with van der Waals surface area (Å²) in [6, 6.07) is 0. The van der Waals surface area contributed by atoms with E-state index < -0.39 is 0 Å².